The first-order valence-electron chi connectivity index (χ1n) is 5.94. The Bertz CT molecular complexity index is 293. The zero-order valence-electron chi connectivity index (χ0n) is 9.24. The zero-order chi connectivity index (χ0) is 11.5. The van der Waals surface area contributed by atoms with E-state index in [1.807, 2.05) is 0 Å². The van der Waals surface area contributed by atoms with E-state index in [1.165, 1.54) is 0 Å². The van der Waals surface area contributed by atoms with Crippen LogP contribution >= 0.6 is 0 Å². The molecule has 2 fully saturated rings. The third-order valence-electron chi connectivity index (χ3n) is 3.38. The van der Waals surface area contributed by atoms with Crippen LogP contribution in [0.4, 0.5) is 0 Å². The second-order valence-corrected chi connectivity index (χ2v) is 4.63. The number of rotatable bonds is 2. The smallest absolute Gasteiger partial charge is 0.243 e. The Kier molecular flexibility index (Phi) is 3.56. The lowest BCUT2D eigenvalue weighted by molar-refractivity contribution is -0.135. The highest BCUT2D eigenvalue weighted by Crippen LogP contribution is 2.19. The lowest BCUT2D eigenvalue weighted by Crippen LogP contribution is -2.56. The molecule has 1 saturated carbocycles. The van der Waals surface area contributed by atoms with Crippen molar-refractivity contribution >= 4 is 11.8 Å². The monoisotopic (exact) mass is 226 g/mol. The summed E-state index contributed by atoms with van der Waals surface area (Å²) in [6.07, 6.45) is 4.39. The van der Waals surface area contributed by atoms with Gasteiger partial charge in [0, 0.05) is 12.5 Å². The molecule has 0 aromatic carbocycles. The molecule has 2 amide bonds. The second-order valence-electron chi connectivity index (χ2n) is 4.63. The number of imide groups is 1. The van der Waals surface area contributed by atoms with E-state index in [0.717, 1.165) is 25.7 Å². The number of aliphatic hydroxyl groups is 1. The standard InChI is InChI=1S/C11H18N2O3/c14-9-4-2-1-3-7(9)12-8-5-6-10(15)13-11(8)16/h7-9,12,14H,1-6H2,(H,13,15,16)/t7-,8?,9-/m0/s1. The van der Waals surface area contributed by atoms with E-state index in [0.29, 0.717) is 12.8 Å². The first-order chi connectivity index (χ1) is 7.66. The van der Waals surface area contributed by atoms with Crippen LogP contribution in [0, 0.1) is 0 Å². The first-order valence-corrected chi connectivity index (χ1v) is 5.94. The summed E-state index contributed by atoms with van der Waals surface area (Å²) < 4.78 is 0. The van der Waals surface area contributed by atoms with Gasteiger partial charge in [-0.05, 0) is 19.3 Å². The van der Waals surface area contributed by atoms with Crippen LogP contribution in [0.5, 0.6) is 0 Å². The van der Waals surface area contributed by atoms with Crippen molar-refractivity contribution in [1.29, 1.82) is 0 Å². The van der Waals surface area contributed by atoms with E-state index in [-0.39, 0.29) is 30.0 Å². The van der Waals surface area contributed by atoms with Gasteiger partial charge in [0.2, 0.25) is 11.8 Å². The van der Waals surface area contributed by atoms with Crippen LogP contribution in [-0.2, 0) is 9.59 Å². The Balaban J connectivity index is 1.88. The van der Waals surface area contributed by atoms with Crippen LogP contribution in [0.2, 0.25) is 0 Å². The molecule has 3 N–H and O–H groups in total. The Morgan fingerprint density at radius 3 is 2.62 bits per heavy atom. The molecule has 1 aliphatic heterocycles. The third kappa shape index (κ3) is 2.59. The topological polar surface area (TPSA) is 78.4 Å². The Morgan fingerprint density at radius 2 is 1.94 bits per heavy atom. The van der Waals surface area contributed by atoms with Crippen molar-refractivity contribution in [2.24, 2.45) is 0 Å². The number of carbonyl (C=O) groups is 2. The summed E-state index contributed by atoms with van der Waals surface area (Å²) in [5.74, 6) is -0.457. The van der Waals surface area contributed by atoms with E-state index in [9.17, 15) is 14.7 Å². The highest BCUT2D eigenvalue weighted by atomic mass is 16.3. The van der Waals surface area contributed by atoms with Crippen LogP contribution in [0.15, 0.2) is 0 Å². The van der Waals surface area contributed by atoms with Crippen LogP contribution < -0.4 is 10.6 Å². The van der Waals surface area contributed by atoms with Gasteiger partial charge in [0.1, 0.15) is 0 Å². The molecule has 0 aromatic heterocycles. The van der Waals surface area contributed by atoms with Crippen molar-refractivity contribution in [3.63, 3.8) is 0 Å². The fourth-order valence-electron chi connectivity index (χ4n) is 2.42. The van der Waals surface area contributed by atoms with Gasteiger partial charge in [0.15, 0.2) is 0 Å². The Hall–Kier alpha value is -0.940. The molecule has 0 aromatic rings. The zero-order valence-corrected chi connectivity index (χ0v) is 9.24. The highest BCUT2D eigenvalue weighted by Gasteiger charge is 2.31. The SMILES string of the molecule is O=C1CCC(N[C@H]2CCCC[C@@H]2O)C(=O)N1. The van der Waals surface area contributed by atoms with Gasteiger partial charge in [-0.2, -0.15) is 0 Å². The van der Waals surface area contributed by atoms with Crippen molar-refractivity contribution in [3.8, 4) is 0 Å². The summed E-state index contributed by atoms with van der Waals surface area (Å²) in [4.78, 5) is 22.5. The average molecular weight is 226 g/mol. The summed E-state index contributed by atoms with van der Waals surface area (Å²) in [5.41, 5.74) is 0. The molecule has 2 aliphatic rings. The largest absolute Gasteiger partial charge is 0.392 e. The number of aliphatic hydroxyl groups excluding tert-OH is 1. The maximum Gasteiger partial charge on any atom is 0.243 e. The predicted octanol–water partition coefficient (Wildman–Crippen LogP) is -0.315. The van der Waals surface area contributed by atoms with E-state index in [2.05, 4.69) is 10.6 Å². The summed E-state index contributed by atoms with van der Waals surface area (Å²) in [6, 6.07) is -0.326. The van der Waals surface area contributed by atoms with E-state index >= 15 is 0 Å². The summed E-state index contributed by atoms with van der Waals surface area (Å²) in [6.45, 7) is 0. The third-order valence-corrected chi connectivity index (χ3v) is 3.38. The van der Waals surface area contributed by atoms with Gasteiger partial charge in [0.05, 0.1) is 12.1 Å². The summed E-state index contributed by atoms with van der Waals surface area (Å²) >= 11 is 0. The summed E-state index contributed by atoms with van der Waals surface area (Å²) in [5, 5.41) is 15.3. The number of nitrogens with one attached hydrogen (secondary N) is 2. The van der Waals surface area contributed by atoms with E-state index in [1.54, 1.807) is 0 Å². The minimum absolute atomic E-state index is 0.00213. The molecule has 0 radical (unpaired) electrons. The number of piperidine rings is 1. The van der Waals surface area contributed by atoms with Crippen molar-refractivity contribution in [2.75, 3.05) is 0 Å². The Labute approximate surface area is 94.6 Å². The molecule has 2 rings (SSSR count). The number of hydrogen-bond acceptors (Lipinski definition) is 4. The maximum absolute atomic E-state index is 11.5. The molecule has 1 saturated heterocycles. The predicted molar refractivity (Wildman–Crippen MR) is 57.6 cm³/mol. The molecular weight excluding hydrogens is 208 g/mol. The lowest BCUT2D eigenvalue weighted by atomic mass is 9.91. The molecular formula is C11H18N2O3. The average Bonchev–Trinajstić information content (AvgIpc) is 2.25. The first kappa shape index (κ1) is 11.5. The van der Waals surface area contributed by atoms with Gasteiger partial charge in [-0.15, -0.1) is 0 Å². The van der Waals surface area contributed by atoms with Crippen LogP contribution in [-0.4, -0.2) is 35.1 Å². The molecule has 0 spiro atoms. The van der Waals surface area contributed by atoms with Gasteiger partial charge in [-0.3, -0.25) is 14.9 Å². The van der Waals surface area contributed by atoms with E-state index in [4.69, 9.17) is 0 Å². The molecule has 1 heterocycles. The normalized spacial score (nSPS) is 35.9. The van der Waals surface area contributed by atoms with Gasteiger partial charge >= 0.3 is 0 Å². The molecule has 90 valence electrons. The van der Waals surface area contributed by atoms with Gasteiger partial charge in [0.25, 0.3) is 0 Å². The number of hydrogen-bond donors (Lipinski definition) is 3. The molecule has 5 nitrogen and oxygen atoms in total. The van der Waals surface area contributed by atoms with Crippen molar-refractivity contribution in [3.05, 3.63) is 0 Å². The molecule has 16 heavy (non-hydrogen) atoms. The van der Waals surface area contributed by atoms with Gasteiger partial charge in [-0.1, -0.05) is 12.8 Å². The van der Waals surface area contributed by atoms with Crippen molar-refractivity contribution < 1.29 is 14.7 Å². The lowest BCUT2D eigenvalue weighted by Gasteiger charge is -2.32. The Morgan fingerprint density at radius 1 is 1.19 bits per heavy atom. The quantitative estimate of drug-likeness (QED) is 0.564. The van der Waals surface area contributed by atoms with Crippen molar-refractivity contribution in [2.45, 2.75) is 56.7 Å². The van der Waals surface area contributed by atoms with Crippen LogP contribution in [0.25, 0.3) is 0 Å². The van der Waals surface area contributed by atoms with E-state index < -0.39 is 0 Å². The minimum atomic E-state index is -0.362. The van der Waals surface area contributed by atoms with Crippen LogP contribution in [0.3, 0.4) is 0 Å². The van der Waals surface area contributed by atoms with Crippen molar-refractivity contribution in [1.82, 2.24) is 10.6 Å². The number of carbonyl (C=O) groups excluding carboxylic acids is 2. The van der Waals surface area contributed by atoms with Gasteiger partial charge < -0.3 is 10.4 Å². The maximum atomic E-state index is 11.5. The second kappa shape index (κ2) is 4.93. The minimum Gasteiger partial charge on any atom is -0.392 e. The molecule has 1 unspecified atom stereocenters. The summed E-state index contributed by atoms with van der Waals surface area (Å²) in [7, 11) is 0. The fraction of sp³-hybridized carbons (Fsp3) is 0.818. The van der Waals surface area contributed by atoms with Gasteiger partial charge in [-0.25, -0.2) is 0 Å². The van der Waals surface area contributed by atoms with Crippen LogP contribution in [0.1, 0.15) is 38.5 Å². The molecule has 1 aliphatic carbocycles. The molecule has 0 bridgehead atoms. The highest BCUT2D eigenvalue weighted by molar-refractivity contribution is 6.00. The fourth-order valence-corrected chi connectivity index (χ4v) is 2.42. The molecule has 5 heteroatoms. The number of amides is 2. The molecule has 3 atom stereocenters.